The van der Waals surface area contributed by atoms with Crippen molar-refractivity contribution in [3.05, 3.63) is 35.1 Å². The second kappa shape index (κ2) is 5.65. The van der Waals surface area contributed by atoms with Gasteiger partial charge in [0.05, 0.1) is 7.11 Å². The summed E-state index contributed by atoms with van der Waals surface area (Å²) >= 11 is 3.31. The van der Waals surface area contributed by atoms with Crippen molar-refractivity contribution in [2.45, 2.75) is 0 Å². The molecule has 3 N–H and O–H groups in total. The van der Waals surface area contributed by atoms with E-state index >= 15 is 0 Å². The molecule has 2 rings (SSSR count). The van der Waals surface area contributed by atoms with E-state index < -0.39 is 0 Å². The molecule has 0 unspecified atom stereocenters. The minimum absolute atomic E-state index is 0.378. The molecular weight excluding hydrogens is 300 g/mol. The first-order chi connectivity index (χ1) is 8.74. The van der Waals surface area contributed by atoms with Crippen molar-refractivity contribution in [1.29, 1.82) is 0 Å². The van der Waals surface area contributed by atoms with Crippen molar-refractivity contribution in [1.82, 2.24) is 9.97 Å². The zero-order valence-electron chi connectivity index (χ0n) is 9.55. The fourth-order valence-corrected chi connectivity index (χ4v) is 1.68. The van der Waals surface area contributed by atoms with Crippen molar-refractivity contribution in [3.8, 4) is 17.4 Å². The Balaban J connectivity index is 2.22. The molecule has 94 valence electrons. The quantitative estimate of drug-likeness (QED) is 0.666. The molecule has 18 heavy (non-hydrogen) atoms. The van der Waals surface area contributed by atoms with E-state index in [1.807, 2.05) is 0 Å². The van der Waals surface area contributed by atoms with E-state index in [1.165, 1.54) is 6.33 Å². The van der Waals surface area contributed by atoms with Gasteiger partial charge in [0.15, 0.2) is 5.82 Å². The Bertz CT molecular complexity index is 533. The number of rotatable bonds is 4. The zero-order chi connectivity index (χ0) is 13.0. The number of nitrogens with zero attached hydrogens (tertiary/aromatic N) is 2. The van der Waals surface area contributed by atoms with Crippen LogP contribution >= 0.6 is 15.9 Å². The Hall–Kier alpha value is -1.86. The lowest BCUT2D eigenvalue weighted by Crippen LogP contribution is -2.09. The molecule has 0 fully saturated rings. The fourth-order valence-electron chi connectivity index (χ4n) is 1.28. The standard InChI is InChI=1S/C11H11BrN4O2/c1-17-7-2-4-8(5-3-7)18-11-9(12)10(16-13)14-6-15-11/h2-6H,13H2,1H3,(H,14,15,16). The predicted molar refractivity (Wildman–Crippen MR) is 70.6 cm³/mol. The largest absolute Gasteiger partial charge is 0.497 e. The van der Waals surface area contributed by atoms with Crippen LogP contribution in [0.1, 0.15) is 0 Å². The highest BCUT2D eigenvalue weighted by atomic mass is 79.9. The van der Waals surface area contributed by atoms with E-state index in [-0.39, 0.29) is 0 Å². The van der Waals surface area contributed by atoms with Crippen LogP contribution in [0.3, 0.4) is 0 Å². The molecule has 1 aromatic heterocycles. The molecule has 0 saturated carbocycles. The first-order valence-electron chi connectivity index (χ1n) is 5.03. The highest BCUT2D eigenvalue weighted by molar-refractivity contribution is 9.10. The number of nitrogens with one attached hydrogen (secondary N) is 1. The average Bonchev–Trinajstić information content (AvgIpc) is 2.42. The normalized spacial score (nSPS) is 9.94. The first-order valence-corrected chi connectivity index (χ1v) is 5.83. The number of anilines is 1. The Kier molecular flexibility index (Phi) is 3.96. The van der Waals surface area contributed by atoms with Crippen LogP contribution in [0.2, 0.25) is 0 Å². The zero-order valence-corrected chi connectivity index (χ0v) is 11.1. The molecule has 0 saturated heterocycles. The van der Waals surface area contributed by atoms with Crippen molar-refractivity contribution < 1.29 is 9.47 Å². The summed E-state index contributed by atoms with van der Waals surface area (Å²) in [5.74, 6) is 7.53. The summed E-state index contributed by atoms with van der Waals surface area (Å²) in [5.41, 5.74) is 2.44. The van der Waals surface area contributed by atoms with Gasteiger partial charge in [-0.15, -0.1) is 0 Å². The summed E-state index contributed by atoms with van der Waals surface area (Å²) < 4.78 is 11.2. The van der Waals surface area contributed by atoms with Gasteiger partial charge in [-0.3, -0.25) is 0 Å². The fraction of sp³-hybridized carbons (Fsp3) is 0.0909. The summed E-state index contributed by atoms with van der Waals surface area (Å²) in [6, 6.07) is 7.16. The number of nitrogens with two attached hydrogens (primary N) is 1. The molecular formula is C11H11BrN4O2. The number of halogens is 1. The third-order valence-electron chi connectivity index (χ3n) is 2.17. The molecule has 0 atom stereocenters. The molecule has 0 aliphatic carbocycles. The van der Waals surface area contributed by atoms with Crippen molar-refractivity contribution in [3.63, 3.8) is 0 Å². The second-order valence-corrected chi connectivity index (χ2v) is 4.06. The number of hydrazine groups is 1. The van der Waals surface area contributed by atoms with Gasteiger partial charge in [-0.25, -0.2) is 15.8 Å². The summed E-state index contributed by atoms with van der Waals surface area (Å²) in [6.45, 7) is 0. The minimum atomic E-state index is 0.378. The van der Waals surface area contributed by atoms with E-state index in [0.717, 1.165) is 5.75 Å². The molecule has 0 aliphatic heterocycles. The predicted octanol–water partition coefficient (Wildman–Crippen LogP) is 2.33. The van der Waals surface area contributed by atoms with Crippen LogP contribution in [0, 0.1) is 0 Å². The smallest absolute Gasteiger partial charge is 0.238 e. The third-order valence-corrected chi connectivity index (χ3v) is 2.88. The molecule has 2 aromatic rings. The molecule has 6 nitrogen and oxygen atoms in total. The lowest BCUT2D eigenvalue weighted by atomic mass is 10.3. The van der Waals surface area contributed by atoms with Crippen LogP contribution in [-0.4, -0.2) is 17.1 Å². The molecule has 0 amide bonds. The lowest BCUT2D eigenvalue weighted by Gasteiger charge is -2.09. The number of aromatic nitrogens is 2. The van der Waals surface area contributed by atoms with Crippen LogP contribution in [0.4, 0.5) is 5.82 Å². The van der Waals surface area contributed by atoms with E-state index in [0.29, 0.717) is 21.9 Å². The Morgan fingerprint density at radius 1 is 1.17 bits per heavy atom. The number of ether oxygens (including phenoxy) is 2. The first kappa shape index (κ1) is 12.6. The summed E-state index contributed by atoms with van der Waals surface area (Å²) in [7, 11) is 1.61. The van der Waals surface area contributed by atoms with E-state index in [4.69, 9.17) is 15.3 Å². The van der Waals surface area contributed by atoms with Gasteiger partial charge in [0.2, 0.25) is 5.88 Å². The molecule has 7 heteroatoms. The van der Waals surface area contributed by atoms with Gasteiger partial charge in [0.25, 0.3) is 0 Å². The van der Waals surface area contributed by atoms with Gasteiger partial charge in [-0.1, -0.05) is 0 Å². The second-order valence-electron chi connectivity index (χ2n) is 3.26. The number of benzene rings is 1. The maximum Gasteiger partial charge on any atom is 0.238 e. The Morgan fingerprint density at radius 3 is 2.44 bits per heavy atom. The molecule has 0 radical (unpaired) electrons. The highest BCUT2D eigenvalue weighted by Crippen LogP contribution is 2.31. The topological polar surface area (TPSA) is 82.3 Å². The van der Waals surface area contributed by atoms with Crippen LogP contribution in [0.5, 0.6) is 17.4 Å². The number of hydrogen-bond donors (Lipinski definition) is 2. The van der Waals surface area contributed by atoms with Crippen LogP contribution in [0.25, 0.3) is 0 Å². The van der Waals surface area contributed by atoms with Crippen molar-refractivity contribution in [2.24, 2.45) is 5.84 Å². The molecule has 0 bridgehead atoms. The molecule has 1 heterocycles. The highest BCUT2D eigenvalue weighted by Gasteiger charge is 2.09. The number of methoxy groups -OCH3 is 1. The van der Waals surface area contributed by atoms with Gasteiger partial charge >= 0.3 is 0 Å². The third kappa shape index (κ3) is 2.69. The monoisotopic (exact) mass is 310 g/mol. The SMILES string of the molecule is COc1ccc(Oc2ncnc(NN)c2Br)cc1. The van der Waals surface area contributed by atoms with Crippen LogP contribution in [0.15, 0.2) is 35.1 Å². The van der Waals surface area contributed by atoms with Crippen molar-refractivity contribution in [2.75, 3.05) is 12.5 Å². The van der Waals surface area contributed by atoms with Crippen LogP contribution in [-0.2, 0) is 0 Å². The van der Waals surface area contributed by atoms with E-state index in [2.05, 4.69) is 31.3 Å². The van der Waals surface area contributed by atoms with E-state index in [9.17, 15) is 0 Å². The summed E-state index contributed by atoms with van der Waals surface area (Å²) in [5, 5.41) is 0. The molecule has 0 spiro atoms. The number of hydrogen-bond acceptors (Lipinski definition) is 6. The lowest BCUT2D eigenvalue weighted by molar-refractivity contribution is 0.412. The van der Waals surface area contributed by atoms with Crippen LogP contribution < -0.4 is 20.7 Å². The van der Waals surface area contributed by atoms with Gasteiger partial charge in [0, 0.05) is 0 Å². The maximum absolute atomic E-state index is 5.60. The van der Waals surface area contributed by atoms with E-state index in [1.54, 1.807) is 31.4 Å². The average molecular weight is 311 g/mol. The number of nitrogen functional groups attached to an aromatic ring is 1. The van der Waals surface area contributed by atoms with Crippen molar-refractivity contribution >= 4 is 21.7 Å². The minimum Gasteiger partial charge on any atom is -0.497 e. The maximum atomic E-state index is 5.60. The molecule has 0 aliphatic rings. The Labute approximate surface area is 112 Å². The molecule has 1 aromatic carbocycles. The van der Waals surface area contributed by atoms with Gasteiger partial charge in [-0.2, -0.15) is 0 Å². The summed E-state index contributed by atoms with van der Waals surface area (Å²) in [6.07, 6.45) is 1.36. The van der Waals surface area contributed by atoms with Gasteiger partial charge in [0.1, 0.15) is 22.3 Å². The van der Waals surface area contributed by atoms with Gasteiger partial charge in [-0.05, 0) is 40.2 Å². The Morgan fingerprint density at radius 2 is 1.83 bits per heavy atom. The summed E-state index contributed by atoms with van der Waals surface area (Å²) in [4.78, 5) is 7.95. The van der Waals surface area contributed by atoms with Gasteiger partial charge < -0.3 is 14.9 Å².